The Morgan fingerprint density at radius 2 is 1.88 bits per heavy atom. The van der Waals surface area contributed by atoms with Crippen molar-refractivity contribution in [3.63, 3.8) is 0 Å². The van der Waals surface area contributed by atoms with Crippen molar-refractivity contribution in [1.29, 1.82) is 0 Å². The minimum atomic E-state index is -1.03. The van der Waals surface area contributed by atoms with E-state index < -0.39 is 10.8 Å². The Kier molecular flexibility index (Phi) is 2.30. The lowest BCUT2D eigenvalue weighted by Gasteiger charge is -2.00. The van der Waals surface area contributed by atoms with Gasteiger partial charge in [-0.2, -0.15) is 0 Å². The molecule has 0 radical (unpaired) electrons. The molecule has 1 unspecified atom stereocenters. The Labute approximate surface area is 102 Å². The van der Waals surface area contributed by atoms with Crippen LogP contribution in [0, 0.1) is 6.92 Å². The van der Waals surface area contributed by atoms with Crippen LogP contribution in [0.3, 0.4) is 0 Å². The van der Waals surface area contributed by atoms with Crippen molar-refractivity contribution in [2.24, 2.45) is 0 Å². The predicted octanol–water partition coefficient (Wildman–Crippen LogP) is 3.63. The summed E-state index contributed by atoms with van der Waals surface area (Å²) in [6.07, 6.45) is 1.69. The van der Waals surface area contributed by atoms with Crippen LogP contribution in [0.4, 0.5) is 0 Å². The van der Waals surface area contributed by atoms with E-state index in [0.29, 0.717) is 0 Å². The fourth-order valence-electron chi connectivity index (χ4n) is 2.30. The van der Waals surface area contributed by atoms with Crippen molar-refractivity contribution in [1.82, 2.24) is 0 Å². The van der Waals surface area contributed by atoms with Crippen LogP contribution in [0.2, 0.25) is 0 Å². The third-order valence-electron chi connectivity index (χ3n) is 2.99. The smallest absolute Gasteiger partial charge is 0.136 e. The number of aryl methyl sites for hydroxylation is 1. The topological polar surface area (TPSA) is 30.2 Å². The van der Waals surface area contributed by atoms with Crippen LogP contribution in [-0.2, 0) is 10.8 Å². The Hall–Kier alpha value is -1.61. The Morgan fingerprint density at radius 3 is 2.65 bits per heavy atom. The van der Waals surface area contributed by atoms with Crippen LogP contribution in [0.1, 0.15) is 5.76 Å². The molecule has 3 heteroatoms. The molecule has 0 saturated carbocycles. The third-order valence-corrected chi connectivity index (χ3v) is 4.05. The van der Waals surface area contributed by atoms with Gasteiger partial charge < -0.3 is 4.42 Å². The molecule has 1 heterocycles. The summed E-state index contributed by atoms with van der Waals surface area (Å²) in [6.45, 7) is 1.87. The first-order chi connectivity index (χ1) is 8.18. The molecule has 1 atom stereocenters. The summed E-state index contributed by atoms with van der Waals surface area (Å²) >= 11 is 0. The fraction of sp³-hybridized carbons (Fsp3) is 0.143. The highest BCUT2D eigenvalue weighted by Crippen LogP contribution is 2.33. The lowest BCUT2D eigenvalue weighted by Crippen LogP contribution is -1.88. The molecule has 1 aromatic heterocycles. The van der Waals surface area contributed by atoms with Crippen molar-refractivity contribution in [3.05, 3.63) is 42.2 Å². The van der Waals surface area contributed by atoms with Crippen LogP contribution in [0.5, 0.6) is 0 Å². The summed E-state index contributed by atoms with van der Waals surface area (Å²) in [7, 11) is -1.03. The van der Waals surface area contributed by atoms with E-state index in [9.17, 15) is 4.21 Å². The van der Waals surface area contributed by atoms with E-state index in [1.165, 1.54) is 0 Å². The molecular weight excluding hydrogens is 232 g/mol. The van der Waals surface area contributed by atoms with Gasteiger partial charge in [0.05, 0.1) is 15.7 Å². The highest BCUT2D eigenvalue weighted by molar-refractivity contribution is 7.84. The van der Waals surface area contributed by atoms with Gasteiger partial charge in [0.2, 0.25) is 0 Å². The maximum Gasteiger partial charge on any atom is 0.136 e. The molecule has 0 N–H and O–H groups in total. The molecule has 3 aromatic rings. The van der Waals surface area contributed by atoms with Gasteiger partial charge in [-0.05, 0) is 23.8 Å². The van der Waals surface area contributed by atoms with E-state index in [-0.39, 0.29) is 0 Å². The highest BCUT2D eigenvalue weighted by Gasteiger charge is 2.16. The molecular formula is C14H12O2S. The quantitative estimate of drug-likeness (QED) is 0.654. The lowest BCUT2D eigenvalue weighted by atomic mass is 10.1. The van der Waals surface area contributed by atoms with Crippen LogP contribution in [0.25, 0.3) is 21.7 Å². The minimum Gasteiger partial charge on any atom is -0.460 e. The van der Waals surface area contributed by atoms with Crippen LogP contribution < -0.4 is 0 Å². The number of rotatable bonds is 1. The first-order valence-corrected chi connectivity index (χ1v) is 6.98. The zero-order chi connectivity index (χ0) is 12.0. The zero-order valence-electron chi connectivity index (χ0n) is 9.69. The second-order valence-electron chi connectivity index (χ2n) is 4.10. The van der Waals surface area contributed by atoms with Crippen molar-refractivity contribution in [3.8, 4) is 0 Å². The summed E-state index contributed by atoms with van der Waals surface area (Å²) in [5, 5.41) is 3.24. The summed E-state index contributed by atoms with van der Waals surface area (Å²) < 4.78 is 17.5. The first-order valence-electron chi connectivity index (χ1n) is 5.43. The van der Waals surface area contributed by atoms with E-state index in [2.05, 4.69) is 6.07 Å². The molecule has 17 heavy (non-hydrogen) atoms. The maximum absolute atomic E-state index is 11.8. The Bertz CT molecular complexity index is 740. The van der Waals surface area contributed by atoms with Gasteiger partial charge in [-0.15, -0.1) is 0 Å². The SMILES string of the molecule is Cc1oc2ccc3ccccc3c2c1S(C)=O. The van der Waals surface area contributed by atoms with E-state index in [0.717, 1.165) is 32.4 Å². The van der Waals surface area contributed by atoms with Gasteiger partial charge in [0.1, 0.15) is 11.3 Å². The minimum absolute atomic E-state index is 0.747. The van der Waals surface area contributed by atoms with Crippen molar-refractivity contribution >= 4 is 32.5 Å². The van der Waals surface area contributed by atoms with Gasteiger partial charge >= 0.3 is 0 Å². The highest BCUT2D eigenvalue weighted by atomic mass is 32.2. The average Bonchev–Trinajstić information content (AvgIpc) is 2.65. The molecule has 3 rings (SSSR count). The number of fused-ring (bicyclic) bond motifs is 3. The molecule has 0 aliphatic rings. The predicted molar refractivity (Wildman–Crippen MR) is 70.8 cm³/mol. The first kappa shape index (κ1) is 10.5. The molecule has 86 valence electrons. The Morgan fingerprint density at radius 1 is 1.12 bits per heavy atom. The van der Waals surface area contributed by atoms with Gasteiger partial charge in [0.15, 0.2) is 0 Å². The summed E-state index contributed by atoms with van der Waals surface area (Å²) in [6, 6.07) is 12.1. The van der Waals surface area contributed by atoms with Crippen molar-refractivity contribution in [2.75, 3.05) is 6.26 Å². The van der Waals surface area contributed by atoms with Crippen LogP contribution in [0.15, 0.2) is 45.7 Å². The molecule has 0 fully saturated rings. The number of benzene rings is 2. The second-order valence-corrected chi connectivity index (χ2v) is 5.42. The van der Waals surface area contributed by atoms with E-state index in [4.69, 9.17) is 4.42 Å². The van der Waals surface area contributed by atoms with Crippen LogP contribution >= 0.6 is 0 Å². The molecule has 0 amide bonds. The summed E-state index contributed by atoms with van der Waals surface area (Å²) in [5.74, 6) is 0.747. The van der Waals surface area contributed by atoms with Gasteiger partial charge in [-0.3, -0.25) is 4.21 Å². The molecule has 2 aromatic carbocycles. The van der Waals surface area contributed by atoms with Crippen molar-refractivity contribution in [2.45, 2.75) is 11.8 Å². The van der Waals surface area contributed by atoms with Gasteiger partial charge in [0.25, 0.3) is 0 Å². The third kappa shape index (κ3) is 1.50. The average molecular weight is 244 g/mol. The molecule has 0 spiro atoms. The fourth-order valence-corrected chi connectivity index (χ4v) is 3.25. The van der Waals surface area contributed by atoms with Crippen LogP contribution in [-0.4, -0.2) is 10.5 Å². The van der Waals surface area contributed by atoms with Gasteiger partial charge in [-0.1, -0.05) is 30.3 Å². The standard InChI is InChI=1S/C14H12O2S/c1-9-14(17(2)15)13-11-6-4-3-5-10(11)7-8-12(13)16-9/h3-8H,1-2H3. The number of hydrogen-bond donors (Lipinski definition) is 0. The van der Waals surface area contributed by atoms with Gasteiger partial charge in [0, 0.05) is 11.6 Å². The largest absolute Gasteiger partial charge is 0.460 e. The van der Waals surface area contributed by atoms with Gasteiger partial charge in [-0.25, -0.2) is 0 Å². The van der Waals surface area contributed by atoms with E-state index in [1.807, 2.05) is 37.3 Å². The maximum atomic E-state index is 11.8. The second kappa shape index (κ2) is 3.70. The monoisotopic (exact) mass is 244 g/mol. The summed E-state index contributed by atoms with van der Waals surface area (Å²) in [4.78, 5) is 0.816. The van der Waals surface area contributed by atoms with Crippen molar-refractivity contribution < 1.29 is 8.63 Å². The molecule has 0 bridgehead atoms. The van der Waals surface area contributed by atoms with E-state index >= 15 is 0 Å². The Balaban J connectivity index is 2.60. The summed E-state index contributed by atoms with van der Waals surface area (Å²) in [5.41, 5.74) is 0.811. The van der Waals surface area contributed by atoms with E-state index in [1.54, 1.807) is 6.26 Å². The number of furan rings is 1. The normalized spacial score (nSPS) is 13.3. The number of hydrogen-bond acceptors (Lipinski definition) is 2. The lowest BCUT2D eigenvalue weighted by molar-refractivity contribution is 0.567. The molecule has 0 saturated heterocycles. The molecule has 0 aliphatic carbocycles. The molecule has 0 aliphatic heterocycles. The zero-order valence-corrected chi connectivity index (χ0v) is 10.5. The molecule has 2 nitrogen and oxygen atoms in total.